The third-order valence-electron chi connectivity index (χ3n) is 2.12. The SMILES string of the molecule is NC(=O)OCCNC(=O)Nc1ccc(C(=O)O)c(O)c1. The average molecular weight is 283 g/mol. The Labute approximate surface area is 113 Å². The Morgan fingerprint density at radius 2 is 2.00 bits per heavy atom. The summed E-state index contributed by atoms with van der Waals surface area (Å²) in [5.41, 5.74) is 4.66. The summed E-state index contributed by atoms with van der Waals surface area (Å²) >= 11 is 0. The third-order valence-corrected chi connectivity index (χ3v) is 2.12. The molecule has 0 aliphatic rings. The fourth-order valence-corrected chi connectivity index (χ4v) is 1.28. The second kappa shape index (κ2) is 6.83. The van der Waals surface area contributed by atoms with E-state index in [1.165, 1.54) is 6.07 Å². The van der Waals surface area contributed by atoms with E-state index in [1.54, 1.807) is 0 Å². The molecule has 3 amide bonds. The lowest BCUT2D eigenvalue weighted by atomic mass is 10.2. The Morgan fingerprint density at radius 3 is 2.55 bits per heavy atom. The molecule has 0 aliphatic heterocycles. The summed E-state index contributed by atoms with van der Waals surface area (Å²) in [6.45, 7) is -0.0279. The number of hydrogen-bond donors (Lipinski definition) is 5. The van der Waals surface area contributed by atoms with Gasteiger partial charge in [-0.2, -0.15) is 0 Å². The van der Waals surface area contributed by atoms with Gasteiger partial charge in [0, 0.05) is 11.8 Å². The number of rotatable bonds is 5. The molecule has 0 spiro atoms. The van der Waals surface area contributed by atoms with E-state index in [2.05, 4.69) is 15.4 Å². The fourth-order valence-electron chi connectivity index (χ4n) is 1.28. The van der Waals surface area contributed by atoms with E-state index in [9.17, 15) is 19.5 Å². The Hall–Kier alpha value is -2.97. The Balaban J connectivity index is 2.48. The Kier molecular flexibility index (Phi) is 5.15. The first-order valence-corrected chi connectivity index (χ1v) is 5.43. The number of nitrogens with two attached hydrogens (primary N) is 1. The van der Waals surface area contributed by atoms with Gasteiger partial charge < -0.3 is 31.3 Å². The van der Waals surface area contributed by atoms with Crippen LogP contribution in [0.15, 0.2) is 18.2 Å². The van der Waals surface area contributed by atoms with Crippen molar-refractivity contribution in [2.45, 2.75) is 0 Å². The van der Waals surface area contributed by atoms with Crippen LogP contribution >= 0.6 is 0 Å². The number of nitrogens with one attached hydrogen (secondary N) is 2. The molecule has 0 atom stereocenters. The lowest BCUT2D eigenvalue weighted by Gasteiger charge is -2.08. The van der Waals surface area contributed by atoms with Crippen LogP contribution in [0.2, 0.25) is 0 Å². The maximum Gasteiger partial charge on any atom is 0.404 e. The maximum atomic E-state index is 11.4. The molecule has 0 radical (unpaired) electrons. The van der Waals surface area contributed by atoms with E-state index in [0.29, 0.717) is 0 Å². The van der Waals surface area contributed by atoms with Gasteiger partial charge in [-0.3, -0.25) is 0 Å². The van der Waals surface area contributed by atoms with Crippen LogP contribution in [0, 0.1) is 0 Å². The van der Waals surface area contributed by atoms with Gasteiger partial charge in [-0.25, -0.2) is 14.4 Å². The summed E-state index contributed by atoms with van der Waals surface area (Å²) in [7, 11) is 0. The van der Waals surface area contributed by atoms with E-state index in [-0.39, 0.29) is 24.4 Å². The van der Waals surface area contributed by atoms with Gasteiger partial charge in [0.1, 0.15) is 17.9 Å². The van der Waals surface area contributed by atoms with Gasteiger partial charge >= 0.3 is 18.1 Å². The number of aromatic carboxylic acids is 1. The molecule has 9 heteroatoms. The van der Waals surface area contributed by atoms with Crippen molar-refractivity contribution in [2.75, 3.05) is 18.5 Å². The summed E-state index contributed by atoms with van der Waals surface area (Å²) in [4.78, 5) is 32.3. The first kappa shape index (κ1) is 15.1. The monoisotopic (exact) mass is 283 g/mol. The van der Waals surface area contributed by atoms with Crippen LogP contribution in [0.1, 0.15) is 10.4 Å². The van der Waals surface area contributed by atoms with Crippen LogP contribution in [0.25, 0.3) is 0 Å². The summed E-state index contributed by atoms with van der Waals surface area (Å²) in [6, 6.07) is 2.97. The van der Waals surface area contributed by atoms with Crippen molar-refractivity contribution in [1.82, 2.24) is 5.32 Å². The van der Waals surface area contributed by atoms with Gasteiger partial charge in [-0.15, -0.1) is 0 Å². The van der Waals surface area contributed by atoms with E-state index in [4.69, 9.17) is 10.8 Å². The van der Waals surface area contributed by atoms with Crippen LogP contribution in [-0.4, -0.2) is 41.5 Å². The molecule has 108 valence electrons. The Morgan fingerprint density at radius 1 is 1.30 bits per heavy atom. The molecule has 1 aromatic carbocycles. The number of carboxylic acids is 1. The number of carboxylic acid groups (broad SMARTS) is 1. The molecule has 6 N–H and O–H groups in total. The number of urea groups is 1. The van der Waals surface area contributed by atoms with Gasteiger partial charge in [0.15, 0.2) is 0 Å². The number of amides is 3. The minimum Gasteiger partial charge on any atom is -0.507 e. The minimum atomic E-state index is -1.28. The molecule has 0 saturated heterocycles. The maximum absolute atomic E-state index is 11.4. The minimum absolute atomic E-state index is 0.0496. The van der Waals surface area contributed by atoms with Gasteiger partial charge in [0.05, 0.1) is 6.54 Å². The lowest BCUT2D eigenvalue weighted by molar-refractivity contribution is 0.0693. The molecule has 0 bridgehead atoms. The number of anilines is 1. The highest BCUT2D eigenvalue weighted by Gasteiger charge is 2.10. The predicted octanol–water partition coefficient (Wildman–Crippen LogP) is 0.307. The number of carbonyl (C=O) groups is 3. The number of ether oxygens (including phenoxy) is 1. The zero-order valence-corrected chi connectivity index (χ0v) is 10.3. The standard InChI is InChI=1S/C11H13N3O6/c12-10(18)20-4-3-13-11(19)14-6-1-2-7(9(16)17)8(15)5-6/h1-2,5,15H,3-4H2,(H2,12,18)(H,16,17)(H2,13,14,19). The van der Waals surface area contributed by atoms with Crippen molar-refractivity contribution in [3.63, 3.8) is 0 Å². The number of aromatic hydroxyl groups is 1. The summed E-state index contributed by atoms with van der Waals surface area (Å²) in [5.74, 6) is -1.74. The van der Waals surface area contributed by atoms with Crippen LogP contribution in [-0.2, 0) is 4.74 Å². The van der Waals surface area contributed by atoms with Crippen LogP contribution in [0.4, 0.5) is 15.3 Å². The number of carbonyl (C=O) groups excluding carboxylic acids is 2. The smallest absolute Gasteiger partial charge is 0.404 e. The molecule has 9 nitrogen and oxygen atoms in total. The summed E-state index contributed by atoms with van der Waals surface area (Å²) < 4.78 is 4.39. The van der Waals surface area contributed by atoms with E-state index in [1.807, 2.05) is 0 Å². The van der Waals surface area contributed by atoms with E-state index >= 15 is 0 Å². The number of primary amides is 1. The Bertz CT molecular complexity index is 531. The van der Waals surface area contributed by atoms with Crippen LogP contribution in [0.3, 0.4) is 0 Å². The molecular weight excluding hydrogens is 270 g/mol. The largest absolute Gasteiger partial charge is 0.507 e. The predicted molar refractivity (Wildman–Crippen MR) is 67.6 cm³/mol. The van der Waals surface area contributed by atoms with Crippen molar-refractivity contribution in [2.24, 2.45) is 5.73 Å². The molecule has 1 rings (SSSR count). The van der Waals surface area contributed by atoms with Crippen molar-refractivity contribution in [1.29, 1.82) is 0 Å². The molecule has 0 aliphatic carbocycles. The van der Waals surface area contributed by atoms with Gasteiger partial charge in [-0.05, 0) is 12.1 Å². The fraction of sp³-hybridized carbons (Fsp3) is 0.182. The van der Waals surface area contributed by atoms with Crippen molar-refractivity contribution >= 4 is 23.8 Å². The van der Waals surface area contributed by atoms with E-state index in [0.717, 1.165) is 12.1 Å². The highest BCUT2D eigenvalue weighted by Crippen LogP contribution is 2.21. The molecule has 1 aromatic rings. The zero-order valence-electron chi connectivity index (χ0n) is 10.3. The number of phenols is 1. The van der Waals surface area contributed by atoms with Gasteiger partial charge in [0.25, 0.3) is 0 Å². The first-order valence-electron chi connectivity index (χ1n) is 5.43. The van der Waals surface area contributed by atoms with Crippen LogP contribution in [0.5, 0.6) is 5.75 Å². The topological polar surface area (TPSA) is 151 Å². The third kappa shape index (κ3) is 4.72. The second-order valence-electron chi connectivity index (χ2n) is 3.59. The van der Waals surface area contributed by atoms with Crippen molar-refractivity contribution in [3.05, 3.63) is 23.8 Å². The zero-order chi connectivity index (χ0) is 15.1. The van der Waals surface area contributed by atoms with Gasteiger partial charge in [0.2, 0.25) is 0 Å². The molecule has 0 fully saturated rings. The molecule has 0 heterocycles. The number of benzene rings is 1. The highest BCUT2D eigenvalue weighted by atomic mass is 16.5. The molecular formula is C11H13N3O6. The highest BCUT2D eigenvalue weighted by molar-refractivity contribution is 5.93. The van der Waals surface area contributed by atoms with Gasteiger partial charge in [-0.1, -0.05) is 0 Å². The van der Waals surface area contributed by atoms with E-state index < -0.39 is 23.8 Å². The number of hydrogen-bond acceptors (Lipinski definition) is 5. The normalized spacial score (nSPS) is 9.60. The molecule has 20 heavy (non-hydrogen) atoms. The second-order valence-corrected chi connectivity index (χ2v) is 3.59. The average Bonchev–Trinajstić information content (AvgIpc) is 2.34. The molecule has 0 saturated carbocycles. The van der Waals surface area contributed by atoms with Crippen molar-refractivity contribution < 1.29 is 29.3 Å². The summed E-state index contributed by atoms with van der Waals surface area (Å²) in [6.07, 6.45) is -0.943. The quantitative estimate of drug-likeness (QED) is 0.490. The van der Waals surface area contributed by atoms with Crippen molar-refractivity contribution in [3.8, 4) is 5.75 Å². The first-order chi connectivity index (χ1) is 9.40. The summed E-state index contributed by atoms with van der Waals surface area (Å²) in [5, 5.41) is 22.9. The molecule has 0 aromatic heterocycles. The lowest BCUT2D eigenvalue weighted by Crippen LogP contribution is -2.32. The van der Waals surface area contributed by atoms with Crippen LogP contribution < -0.4 is 16.4 Å². The molecule has 0 unspecified atom stereocenters.